The van der Waals surface area contributed by atoms with Crippen molar-refractivity contribution in [3.05, 3.63) is 29.1 Å². The zero-order valence-electron chi connectivity index (χ0n) is 10.6. The predicted molar refractivity (Wildman–Crippen MR) is 61.9 cm³/mol. The zero-order chi connectivity index (χ0) is 14.7. The molecule has 20 heavy (non-hydrogen) atoms. The van der Waals surface area contributed by atoms with E-state index in [-0.39, 0.29) is 12.5 Å². The fourth-order valence-corrected chi connectivity index (χ4v) is 2.21. The van der Waals surface area contributed by atoms with Crippen molar-refractivity contribution in [2.45, 2.75) is 19.3 Å². The summed E-state index contributed by atoms with van der Waals surface area (Å²) in [6.07, 6.45) is 2.44. The van der Waals surface area contributed by atoms with Gasteiger partial charge in [0, 0.05) is 0 Å². The van der Waals surface area contributed by atoms with E-state index in [1.165, 1.54) is 0 Å². The Morgan fingerprint density at radius 3 is 2.10 bits per heavy atom. The summed E-state index contributed by atoms with van der Waals surface area (Å²) in [5, 5.41) is 3.16. The normalized spacial score (nSPS) is 19.1. The molecule has 1 aromatic rings. The number of halogens is 5. The van der Waals surface area contributed by atoms with E-state index < -0.39 is 34.8 Å². The molecule has 2 nitrogen and oxygen atoms in total. The first-order valence-corrected chi connectivity index (χ1v) is 6.37. The second kappa shape index (κ2) is 6.39. The van der Waals surface area contributed by atoms with E-state index in [0.717, 1.165) is 25.9 Å². The largest absolute Gasteiger partial charge is 0.487 e. The number of piperidine rings is 1. The Kier molecular flexibility index (Phi) is 4.80. The summed E-state index contributed by atoms with van der Waals surface area (Å²) >= 11 is 0. The molecule has 1 aliphatic rings. The Bertz CT molecular complexity index is 459. The van der Waals surface area contributed by atoms with E-state index in [1.807, 2.05) is 0 Å². The molecule has 1 aromatic carbocycles. The quantitative estimate of drug-likeness (QED) is 0.523. The zero-order valence-corrected chi connectivity index (χ0v) is 10.6. The molecule has 0 bridgehead atoms. The first-order valence-electron chi connectivity index (χ1n) is 6.37. The van der Waals surface area contributed by atoms with Gasteiger partial charge in [-0.1, -0.05) is 0 Å². The summed E-state index contributed by atoms with van der Waals surface area (Å²) in [5.41, 5.74) is 0. The lowest BCUT2D eigenvalue weighted by molar-refractivity contribution is 0.227. The molecule has 0 saturated carbocycles. The van der Waals surface area contributed by atoms with E-state index in [9.17, 15) is 22.0 Å². The molecular formula is C13H14F5NO. The topological polar surface area (TPSA) is 21.3 Å². The first kappa shape index (κ1) is 15.0. The van der Waals surface area contributed by atoms with Gasteiger partial charge in [0.1, 0.15) is 0 Å². The second-order valence-corrected chi connectivity index (χ2v) is 4.75. The van der Waals surface area contributed by atoms with Crippen molar-refractivity contribution in [2.24, 2.45) is 5.92 Å². The molecule has 1 atom stereocenters. The molecule has 1 unspecified atom stereocenters. The highest BCUT2D eigenvalue weighted by Crippen LogP contribution is 2.29. The maximum absolute atomic E-state index is 13.3. The Labute approximate surface area is 112 Å². The van der Waals surface area contributed by atoms with Crippen LogP contribution in [0.1, 0.15) is 19.3 Å². The van der Waals surface area contributed by atoms with Crippen LogP contribution in [-0.4, -0.2) is 19.7 Å². The van der Waals surface area contributed by atoms with Crippen molar-refractivity contribution in [2.75, 3.05) is 19.7 Å². The maximum Gasteiger partial charge on any atom is 0.206 e. The van der Waals surface area contributed by atoms with Gasteiger partial charge in [0.2, 0.25) is 29.1 Å². The Balaban J connectivity index is 2.02. The number of hydrogen-bond donors (Lipinski definition) is 1. The van der Waals surface area contributed by atoms with Crippen LogP contribution in [-0.2, 0) is 0 Å². The van der Waals surface area contributed by atoms with E-state index >= 15 is 0 Å². The molecule has 7 heteroatoms. The lowest BCUT2D eigenvalue weighted by atomic mass is 9.97. The summed E-state index contributed by atoms with van der Waals surface area (Å²) in [7, 11) is 0. The third-order valence-corrected chi connectivity index (χ3v) is 3.34. The minimum absolute atomic E-state index is 0.0926. The molecule has 0 radical (unpaired) electrons. The van der Waals surface area contributed by atoms with Crippen LogP contribution in [0.2, 0.25) is 0 Å². The predicted octanol–water partition coefficient (Wildman–Crippen LogP) is 3.15. The maximum atomic E-state index is 13.3. The highest BCUT2D eigenvalue weighted by molar-refractivity contribution is 5.29. The first-order chi connectivity index (χ1) is 9.52. The summed E-state index contributed by atoms with van der Waals surface area (Å²) in [6, 6.07) is 0. The molecule has 1 N–H and O–H groups in total. The molecule has 1 aliphatic heterocycles. The lowest BCUT2D eigenvalue weighted by Crippen LogP contribution is -2.30. The van der Waals surface area contributed by atoms with E-state index in [2.05, 4.69) is 5.32 Å². The van der Waals surface area contributed by atoms with Gasteiger partial charge in [0.05, 0.1) is 6.61 Å². The molecular weight excluding hydrogens is 281 g/mol. The van der Waals surface area contributed by atoms with Gasteiger partial charge in [-0.15, -0.1) is 0 Å². The molecule has 2 rings (SSSR count). The van der Waals surface area contributed by atoms with Gasteiger partial charge < -0.3 is 10.1 Å². The molecule has 0 aromatic heterocycles. The lowest BCUT2D eigenvalue weighted by Gasteiger charge is -2.22. The fourth-order valence-electron chi connectivity index (χ4n) is 2.21. The molecule has 1 saturated heterocycles. The molecule has 0 amide bonds. The number of ether oxygens (including phenoxy) is 1. The van der Waals surface area contributed by atoms with Crippen molar-refractivity contribution < 1.29 is 26.7 Å². The van der Waals surface area contributed by atoms with Crippen LogP contribution in [0, 0.1) is 35.0 Å². The molecule has 112 valence electrons. The smallest absolute Gasteiger partial charge is 0.206 e. The molecule has 1 heterocycles. The van der Waals surface area contributed by atoms with Crippen molar-refractivity contribution in [3.63, 3.8) is 0 Å². The van der Waals surface area contributed by atoms with Gasteiger partial charge >= 0.3 is 0 Å². The van der Waals surface area contributed by atoms with Crippen LogP contribution < -0.4 is 10.1 Å². The second-order valence-electron chi connectivity index (χ2n) is 4.75. The standard InChI is InChI=1S/C13H14F5NO/c14-8-9(15)11(17)13(12(18)10(8)16)20-5-3-7-2-1-4-19-6-7/h7,19H,1-6H2. The van der Waals surface area contributed by atoms with Crippen LogP contribution in [0.15, 0.2) is 0 Å². The summed E-state index contributed by atoms with van der Waals surface area (Å²) < 4.78 is 70.1. The van der Waals surface area contributed by atoms with Gasteiger partial charge in [0.25, 0.3) is 0 Å². The monoisotopic (exact) mass is 295 g/mol. The Morgan fingerprint density at radius 2 is 1.55 bits per heavy atom. The average molecular weight is 295 g/mol. The SMILES string of the molecule is Fc1c(F)c(F)c(OCCC2CCCNC2)c(F)c1F. The number of hydrogen-bond acceptors (Lipinski definition) is 2. The van der Waals surface area contributed by atoms with Gasteiger partial charge in [-0.3, -0.25) is 0 Å². The van der Waals surface area contributed by atoms with Crippen LogP contribution in [0.3, 0.4) is 0 Å². The third kappa shape index (κ3) is 3.03. The van der Waals surface area contributed by atoms with Crippen LogP contribution in [0.25, 0.3) is 0 Å². The summed E-state index contributed by atoms with van der Waals surface area (Å²) in [5.74, 6) is -10.9. The van der Waals surface area contributed by atoms with Crippen molar-refractivity contribution in [3.8, 4) is 5.75 Å². The Hall–Kier alpha value is -1.37. The van der Waals surface area contributed by atoms with Gasteiger partial charge in [-0.05, 0) is 38.3 Å². The summed E-state index contributed by atoms with van der Waals surface area (Å²) in [6.45, 7) is 1.60. The van der Waals surface area contributed by atoms with E-state index in [0.29, 0.717) is 6.42 Å². The fraction of sp³-hybridized carbons (Fsp3) is 0.538. The molecule has 0 spiro atoms. The van der Waals surface area contributed by atoms with Crippen LogP contribution in [0.5, 0.6) is 5.75 Å². The molecule has 0 aliphatic carbocycles. The Morgan fingerprint density at radius 1 is 0.950 bits per heavy atom. The van der Waals surface area contributed by atoms with Crippen LogP contribution >= 0.6 is 0 Å². The number of benzene rings is 1. The third-order valence-electron chi connectivity index (χ3n) is 3.34. The average Bonchev–Trinajstić information content (AvgIpc) is 2.48. The van der Waals surface area contributed by atoms with Crippen molar-refractivity contribution >= 4 is 0 Å². The van der Waals surface area contributed by atoms with Gasteiger partial charge in [-0.2, -0.15) is 8.78 Å². The highest BCUT2D eigenvalue weighted by atomic mass is 19.2. The van der Waals surface area contributed by atoms with Gasteiger partial charge in [0.15, 0.2) is 5.75 Å². The minimum atomic E-state index is -2.18. The minimum Gasteiger partial charge on any atom is -0.487 e. The van der Waals surface area contributed by atoms with E-state index in [1.54, 1.807) is 0 Å². The highest BCUT2D eigenvalue weighted by Gasteiger charge is 2.27. The number of nitrogens with one attached hydrogen (secondary N) is 1. The molecule has 1 fully saturated rings. The van der Waals surface area contributed by atoms with Crippen molar-refractivity contribution in [1.29, 1.82) is 0 Å². The van der Waals surface area contributed by atoms with Crippen molar-refractivity contribution in [1.82, 2.24) is 5.32 Å². The van der Waals surface area contributed by atoms with E-state index in [4.69, 9.17) is 4.74 Å². The van der Waals surface area contributed by atoms with Crippen LogP contribution in [0.4, 0.5) is 22.0 Å². The number of rotatable bonds is 4. The van der Waals surface area contributed by atoms with Gasteiger partial charge in [-0.25, -0.2) is 13.2 Å². The summed E-state index contributed by atoms with van der Waals surface area (Å²) in [4.78, 5) is 0.